The molecule has 4 aromatic rings. The maximum Gasteiger partial charge on any atom is 0.146 e. The number of aromatic nitrogens is 3. The highest BCUT2D eigenvalue weighted by Crippen LogP contribution is 2.39. The topological polar surface area (TPSA) is 69.2 Å². The van der Waals surface area contributed by atoms with Crippen molar-refractivity contribution in [2.75, 3.05) is 18.8 Å². The van der Waals surface area contributed by atoms with Crippen molar-refractivity contribution in [1.29, 1.82) is 0 Å². The number of nitrogens with zero attached hydrogens (tertiary/aromatic N) is 4. The molecule has 0 radical (unpaired) electrons. The molecule has 186 valence electrons. The van der Waals surface area contributed by atoms with Gasteiger partial charge in [-0.15, -0.1) is 0 Å². The fourth-order valence-electron chi connectivity index (χ4n) is 6.08. The second-order valence-electron chi connectivity index (χ2n) is 10.3. The van der Waals surface area contributed by atoms with Crippen molar-refractivity contribution in [2.45, 2.75) is 63.6 Å². The molecule has 0 bridgehead atoms. The Morgan fingerprint density at radius 1 is 0.861 bits per heavy atom. The van der Waals surface area contributed by atoms with E-state index in [1.165, 1.54) is 58.0 Å². The Morgan fingerprint density at radius 3 is 2.44 bits per heavy atom. The lowest BCUT2D eigenvalue weighted by atomic mass is 9.89. The largest absolute Gasteiger partial charge is 0.489 e. The summed E-state index contributed by atoms with van der Waals surface area (Å²) in [5, 5.41) is 0.941. The van der Waals surface area contributed by atoms with E-state index in [-0.39, 0.29) is 0 Å². The maximum absolute atomic E-state index is 6.43. The standard InChI is InChI=1S/C30H35N5O/c31-29-28-27(23-10-7-11-26(18-23)36-20-22-8-3-1-4-9-22)19-35(30(28)33-21-32-29)25-14-12-24(13-15-25)34-16-5-2-6-17-34/h1,3-4,7-11,18-19,21,24-25H,2,5-6,12-17,20H2,(H2,31,32,33)/t24-,25-. The van der Waals surface area contributed by atoms with E-state index in [4.69, 9.17) is 15.5 Å². The molecule has 6 nitrogen and oxygen atoms in total. The third-order valence-electron chi connectivity index (χ3n) is 8.00. The van der Waals surface area contributed by atoms with Gasteiger partial charge in [-0.05, 0) is 74.9 Å². The Bertz CT molecular complexity index is 1300. The van der Waals surface area contributed by atoms with Gasteiger partial charge >= 0.3 is 0 Å². The molecule has 1 aliphatic heterocycles. The van der Waals surface area contributed by atoms with Gasteiger partial charge in [0.1, 0.15) is 30.1 Å². The molecular formula is C30H35N5O. The first-order chi connectivity index (χ1) is 17.8. The van der Waals surface area contributed by atoms with Gasteiger partial charge < -0.3 is 19.9 Å². The molecule has 2 N–H and O–H groups in total. The van der Waals surface area contributed by atoms with Gasteiger partial charge in [0.15, 0.2) is 0 Å². The van der Waals surface area contributed by atoms with Gasteiger partial charge in [-0.3, -0.25) is 0 Å². The molecule has 0 atom stereocenters. The normalized spacial score (nSPS) is 21.0. The summed E-state index contributed by atoms with van der Waals surface area (Å²) >= 11 is 0. The average molecular weight is 482 g/mol. The van der Waals surface area contributed by atoms with Gasteiger partial charge in [0, 0.05) is 23.8 Å². The van der Waals surface area contributed by atoms with E-state index in [9.17, 15) is 0 Å². The van der Waals surface area contributed by atoms with E-state index >= 15 is 0 Å². The van der Waals surface area contributed by atoms with E-state index < -0.39 is 0 Å². The smallest absolute Gasteiger partial charge is 0.146 e. The van der Waals surface area contributed by atoms with Crippen molar-refractivity contribution in [3.05, 3.63) is 72.7 Å². The molecule has 2 aromatic carbocycles. The zero-order valence-electron chi connectivity index (χ0n) is 20.9. The van der Waals surface area contributed by atoms with E-state index in [1.54, 1.807) is 6.33 Å². The Balaban J connectivity index is 1.26. The lowest BCUT2D eigenvalue weighted by molar-refractivity contribution is 0.117. The van der Waals surface area contributed by atoms with Crippen LogP contribution in [0.25, 0.3) is 22.2 Å². The van der Waals surface area contributed by atoms with Crippen molar-refractivity contribution < 1.29 is 4.74 Å². The molecule has 0 unspecified atom stereocenters. The van der Waals surface area contributed by atoms with Crippen LogP contribution in [0.3, 0.4) is 0 Å². The summed E-state index contributed by atoms with van der Waals surface area (Å²) in [6, 6.07) is 19.7. The number of nitrogen functional groups attached to an aromatic ring is 1. The van der Waals surface area contributed by atoms with Crippen LogP contribution in [0.4, 0.5) is 5.82 Å². The number of nitrogens with two attached hydrogens (primary N) is 1. The molecule has 3 heterocycles. The number of benzene rings is 2. The Morgan fingerprint density at radius 2 is 1.64 bits per heavy atom. The molecule has 0 spiro atoms. The Hall–Kier alpha value is -3.38. The molecule has 6 rings (SSSR count). The lowest BCUT2D eigenvalue weighted by Gasteiger charge is -2.39. The molecule has 6 heteroatoms. The summed E-state index contributed by atoms with van der Waals surface area (Å²) in [7, 11) is 0. The molecule has 1 saturated heterocycles. The van der Waals surface area contributed by atoms with Crippen molar-refractivity contribution in [3.63, 3.8) is 0 Å². The fourth-order valence-corrected chi connectivity index (χ4v) is 6.08. The Labute approximate surface area is 213 Å². The lowest BCUT2D eigenvalue weighted by Crippen LogP contribution is -2.41. The predicted octanol–water partition coefficient (Wildman–Crippen LogP) is 6.23. The van der Waals surface area contributed by atoms with Crippen LogP contribution in [0.2, 0.25) is 0 Å². The highest BCUT2D eigenvalue weighted by molar-refractivity contribution is 6.00. The van der Waals surface area contributed by atoms with Crippen LogP contribution >= 0.6 is 0 Å². The summed E-state index contributed by atoms with van der Waals surface area (Å²) in [5.41, 5.74) is 10.7. The molecule has 1 aliphatic carbocycles. The van der Waals surface area contributed by atoms with Gasteiger partial charge in [0.05, 0.1) is 5.39 Å². The Kier molecular flexibility index (Phi) is 6.60. The number of piperidine rings is 1. The quantitative estimate of drug-likeness (QED) is 0.354. The highest BCUT2D eigenvalue weighted by atomic mass is 16.5. The predicted molar refractivity (Wildman–Crippen MR) is 145 cm³/mol. The summed E-state index contributed by atoms with van der Waals surface area (Å²) in [6.45, 7) is 3.09. The highest BCUT2D eigenvalue weighted by Gasteiger charge is 2.29. The zero-order valence-corrected chi connectivity index (χ0v) is 20.9. The van der Waals surface area contributed by atoms with Crippen LogP contribution in [0, 0.1) is 0 Å². The molecular weight excluding hydrogens is 446 g/mol. The van der Waals surface area contributed by atoms with Crippen LogP contribution in [-0.2, 0) is 6.61 Å². The third-order valence-corrected chi connectivity index (χ3v) is 8.00. The van der Waals surface area contributed by atoms with Crippen LogP contribution in [0.15, 0.2) is 67.1 Å². The second kappa shape index (κ2) is 10.3. The summed E-state index contributed by atoms with van der Waals surface area (Å²) < 4.78 is 8.48. The number of ether oxygens (including phenoxy) is 1. The number of rotatable bonds is 6. The maximum atomic E-state index is 6.43. The van der Waals surface area contributed by atoms with Crippen molar-refractivity contribution >= 4 is 16.9 Å². The fraction of sp³-hybridized carbons (Fsp3) is 0.400. The third kappa shape index (κ3) is 4.70. The van der Waals surface area contributed by atoms with E-state index in [0.717, 1.165) is 39.5 Å². The van der Waals surface area contributed by atoms with Crippen molar-refractivity contribution in [3.8, 4) is 16.9 Å². The average Bonchev–Trinajstić information content (AvgIpc) is 3.34. The SMILES string of the molecule is Nc1ncnc2c1c(-c1cccc(OCc3ccccc3)c1)cn2[C@H]1CC[C@H](N2CCCCC2)CC1. The molecule has 1 saturated carbocycles. The van der Waals surface area contributed by atoms with E-state index in [1.807, 2.05) is 30.3 Å². The number of likely N-dealkylation sites (tertiary alicyclic amines) is 1. The van der Waals surface area contributed by atoms with Gasteiger partial charge in [-0.25, -0.2) is 9.97 Å². The molecule has 2 aliphatic rings. The van der Waals surface area contributed by atoms with Gasteiger partial charge in [0.25, 0.3) is 0 Å². The number of anilines is 1. The first kappa shape index (κ1) is 23.0. The van der Waals surface area contributed by atoms with Crippen molar-refractivity contribution in [1.82, 2.24) is 19.4 Å². The molecule has 36 heavy (non-hydrogen) atoms. The molecule has 2 fully saturated rings. The number of hydrogen-bond donors (Lipinski definition) is 1. The minimum absolute atomic E-state index is 0.439. The summed E-state index contributed by atoms with van der Waals surface area (Å²) in [6.07, 6.45) is 12.8. The number of hydrogen-bond acceptors (Lipinski definition) is 5. The summed E-state index contributed by atoms with van der Waals surface area (Å²) in [4.78, 5) is 11.8. The summed E-state index contributed by atoms with van der Waals surface area (Å²) in [5.74, 6) is 1.38. The monoisotopic (exact) mass is 481 g/mol. The molecule has 2 aromatic heterocycles. The number of fused-ring (bicyclic) bond motifs is 1. The van der Waals surface area contributed by atoms with Gasteiger partial charge in [0.2, 0.25) is 0 Å². The zero-order chi connectivity index (χ0) is 24.3. The van der Waals surface area contributed by atoms with Crippen molar-refractivity contribution in [2.24, 2.45) is 0 Å². The van der Waals surface area contributed by atoms with E-state index in [0.29, 0.717) is 18.5 Å². The van der Waals surface area contributed by atoms with E-state index in [2.05, 4.69) is 44.9 Å². The first-order valence-electron chi connectivity index (χ1n) is 13.4. The minimum atomic E-state index is 0.439. The van der Waals surface area contributed by atoms with Crippen LogP contribution in [-0.4, -0.2) is 38.6 Å². The van der Waals surface area contributed by atoms with Crippen LogP contribution in [0.5, 0.6) is 5.75 Å². The first-order valence-corrected chi connectivity index (χ1v) is 13.4. The second-order valence-corrected chi connectivity index (χ2v) is 10.3. The van der Waals surface area contributed by atoms with Crippen LogP contribution < -0.4 is 10.5 Å². The molecule has 0 amide bonds. The van der Waals surface area contributed by atoms with Gasteiger partial charge in [-0.2, -0.15) is 0 Å². The minimum Gasteiger partial charge on any atom is -0.489 e. The van der Waals surface area contributed by atoms with Gasteiger partial charge in [-0.1, -0.05) is 48.9 Å². The van der Waals surface area contributed by atoms with Crippen LogP contribution in [0.1, 0.15) is 56.6 Å².